The molecule has 0 aliphatic carbocycles. The van der Waals surface area contributed by atoms with Crippen molar-refractivity contribution in [1.29, 1.82) is 0 Å². The highest BCUT2D eigenvalue weighted by molar-refractivity contribution is 9.10. The van der Waals surface area contributed by atoms with E-state index in [4.69, 9.17) is 9.47 Å². The van der Waals surface area contributed by atoms with Crippen molar-refractivity contribution in [3.05, 3.63) is 71.0 Å². The third-order valence-electron chi connectivity index (χ3n) is 3.23. The summed E-state index contributed by atoms with van der Waals surface area (Å²) < 4.78 is 24.5. The highest BCUT2D eigenvalue weighted by atomic mass is 79.9. The molecule has 3 rings (SSSR count). The number of halogens is 2. The van der Waals surface area contributed by atoms with E-state index in [0.717, 1.165) is 10.8 Å². The summed E-state index contributed by atoms with van der Waals surface area (Å²) in [4.78, 5) is 11.9. The molecule has 0 saturated carbocycles. The molecule has 3 nitrogen and oxygen atoms in total. The van der Waals surface area contributed by atoms with Gasteiger partial charge in [0.1, 0.15) is 5.75 Å². The van der Waals surface area contributed by atoms with Gasteiger partial charge in [-0.3, -0.25) is 0 Å². The summed E-state index contributed by atoms with van der Waals surface area (Å²) in [6.07, 6.45) is 0. The van der Waals surface area contributed by atoms with Crippen LogP contribution in [0.2, 0.25) is 0 Å². The summed E-state index contributed by atoms with van der Waals surface area (Å²) in [7, 11) is 0. The van der Waals surface area contributed by atoms with Gasteiger partial charge in [0.2, 0.25) is 0 Å². The lowest BCUT2D eigenvalue weighted by Crippen LogP contribution is -2.18. The first-order chi connectivity index (χ1) is 11.1. The van der Waals surface area contributed by atoms with Gasteiger partial charge in [-0.05, 0) is 44.9 Å². The largest absolute Gasteiger partial charge is 0.479 e. The molecule has 0 unspecified atom stereocenters. The predicted octanol–water partition coefficient (Wildman–Crippen LogP) is 4.73. The first kappa shape index (κ1) is 15.5. The van der Waals surface area contributed by atoms with Crippen LogP contribution in [0.25, 0.3) is 10.8 Å². The highest BCUT2D eigenvalue weighted by Gasteiger charge is 2.12. The van der Waals surface area contributed by atoms with Crippen molar-refractivity contribution >= 4 is 32.7 Å². The molecular formula is C18H12BrFO3. The van der Waals surface area contributed by atoms with E-state index < -0.39 is 11.8 Å². The second-order valence-electron chi connectivity index (χ2n) is 4.79. The van der Waals surface area contributed by atoms with E-state index in [-0.39, 0.29) is 12.4 Å². The fourth-order valence-electron chi connectivity index (χ4n) is 2.14. The van der Waals surface area contributed by atoms with Gasteiger partial charge >= 0.3 is 5.97 Å². The van der Waals surface area contributed by atoms with Crippen molar-refractivity contribution in [2.75, 3.05) is 6.61 Å². The van der Waals surface area contributed by atoms with Gasteiger partial charge in [0, 0.05) is 0 Å². The van der Waals surface area contributed by atoms with Gasteiger partial charge in [-0.15, -0.1) is 0 Å². The summed E-state index contributed by atoms with van der Waals surface area (Å²) in [6, 6.07) is 17.2. The number of fused-ring (bicyclic) bond motifs is 1. The van der Waals surface area contributed by atoms with Crippen LogP contribution in [0.3, 0.4) is 0 Å². The molecule has 0 radical (unpaired) electrons. The first-order valence-corrected chi connectivity index (χ1v) is 7.70. The van der Waals surface area contributed by atoms with E-state index in [1.165, 1.54) is 12.1 Å². The lowest BCUT2D eigenvalue weighted by Gasteiger charge is -2.10. The summed E-state index contributed by atoms with van der Waals surface area (Å²) in [5.74, 6) is -0.718. The normalized spacial score (nSPS) is 10.5. The van der Waals surface area contributed by atoms with Gasteiger partial charge in [-0.1, -0.05) is 42.5 Å². The number of carbonyl (C=O) groups is 1. The van der Waals surface area contributed by atoms with Crippen molar-refractivity contribution < 1.29 is 18.7 Å². The van der Waals surface area contributed by atoms with Crippen molar-refractivity contribution in [2.45, 2.75) is 0 Å². The monoisotopic (exact) mass is 374 g/mol. The first-order valence-electron chi connectivity index (χ1n) is 6.90. The fourth-order valence-corrected chi connectivity index (χ4v) is 2.72. The van der Waals surface area contributed by atoms with E-state index in [9.17, 15) is 9.18 Å². The topological polar surface area (TPSA) is 35.5 Å². The summed E-state index contributed by atoms with van der Waals surface area (Å²) in [6.45, 7) is -0.375. The van der Waals surface area contributed by atoms with Crippen molar-refractivity contribution in [1.82, 2.24) is 0 Å². The van der Waals surface area contributed by atoms with Crippen LogP contribution in [0.15, 0.2) is 65.1 Å². The van der Waals surface area contributed by atoms with E-state index in [1.54, 1.807) is 18.2 Å². The molecule has 23 heavy (non-hydrogen) atoms. The van der Waals surface area contributed by atoms with E-state index in [0.29, 0.717) is 10.2 Å². The minimum atomic E-state index is -0.607. The van der Waals surface area contributed by atoms with Gasteiger partial charge in [-0.25, -0.2) is 9.18 Å². The van der Waals surface area contributed by atoms with Crippen LogP contribution in [0, 0.1) is 5.82 Å². The summed E-state index contributed by atoms with van der Waals surface area (Å²) in [5, 5.41) is 1.97. The molecular weight excluding hydrogens is 363 g/mol. The molecule has 0 bridgehead atoms. The Hall–Kier alpha value is -2.40. The Bertz CT molecular complexity index is 864. The number of carbonyl (C=O) groups excluding carboxylic acids is 1. The second-order valence-corrected chi connectivity index (χ2v) is 5.58. The Morgan fingerprint density at radius 3 is 2.52 bits per heavy atom. The molecule has 0 atom stereocenters. The molecule has 0 aliphatic heterocycles. The number of hydrogen-bond donors (Lipinski definition) is 0. The minimum absolute atomic E-state index is 0.0158. The molecule has 0 heterocycles. The van der Waals surface area contributed by atoms with Gasteiger partial charge in [0.25, 0.3) is 0 Å². The zero-order valence-electron chi connectivity index (χ0n) is 12.0. The number of para-hydroxylation sites is 1. The molecule has 5 heteroatoms. The fraction of sp³-hybridized carbons (Fsp3) is 0.0556. The Kier molecular flexibility index (Phi) is 4.57. The van der Waals surface area contributed by atoms with E-state index in [2.05, 4.69) is 15.9 Å². The molecule has 0 N–H and O–H groups in total. The Morgan fingerprint density at radius 1 is 0.957 bits per heavy atom. The van der Waals surface area contributed by atoms with Crippen LogP contribution in [0.5, 0.6) is 11.5 Å². The van der Waals surface area contributed by atoms with Crippen LogP contribution in [0.4, 0.5) is 4.39 Å². The van der Waals surface area contributed by atoms with Crippen molar-refractivity contribution in [3.63, 3.8) is 0 Å². The van der Waals surface area contributed by atoms with Crippen molar-refractivity contribution in [3.8, 4) is 11.5 Å². The maximum absolute atomic E-state index is 13.4. The standard InChI is InChI=1S/C18H12BrFO3/c19-18-13-6-2-1-5-12(13)9-10-16(18)23-17(21)11-22-15-8-4-3-7-14(15)20/h1-10H,11H2. The molecule has 0 aromatic heterocycles. The molecule has 0 amide bonds. The predicted molar refractivity (Wildman–Crippen MR) is 89.2 cm³/mol. The molecule has 0 spiro atoms. The second kappa shape index (κ2) is 6.79. The third kappa shape index (κ3) is 3.51. The number of esters is 1. The number of ether oxygens (including phenoxy) is 2. The molecule has 0 saturated heterocycles. The lowest BCUT2D eigenvalue weighted by molar-refractivity contribution is -0.136. The maximum Gasteiger partial charge on any atom is 0.349 e. The number of hydrogen-bond acceptors (Lipinski definition) is 3. The molecule has 116 valence electrons. The zero-order valence-corrected chi connectivity index (χ0v) is 13.5. The van der Waals surface area contributed by atoms with Crippen molar-refractivity contribution in [2.24, 2.45) is 0 Å². The van der Waals surface area contributed by atoms with Crippen LogP contribution in [-0.4, -0.2) is 12.6 Å². The van der Waals surface area contributed by atoms with Gasteiger partial charge in [0.05, 0.1) is 4.47 Å². The minimum Gasteiger partial charge on any atom is -0.479 e. The summed E-state index contributed by atoms with van der Waals surface area (Å²) in [5.41, 5.74) is 0. The quantitative estimate of drug-likeness (QED) is 0.489. The molecule has 0 aliphatic rings. The zero-order chi connectivity index (χ0) is 16.2. The highest BCUT2D eigenvalue weighted by Crippen LogP contribution is 2.33. The Labute approximate surface area is 140 Å². The number of benzene rings is 3. The smallest absolute Gasteiger partial charge is 0.349 e. The van der Waals surface area contributed by atoms with Crippen LogP contribution >= 0.6 is 15.9 Å². The van der Waals surface area contributed by atoms with Crippen LogP contribution in [0.1, 0.15) is 0 Å². The molecule has 0 fully saturated rings. The lowest BCUT2D eigenvalue weighted by atomic mass is 10.1. The Morgan fingerprint density at radius 2 is 1.70 bits per heavy atom. The average Bonchev–Trinajstić information content (AvgIpc) is 2.57. The van der Waals surface area contributed by atoms with Gasteiger partial charge < -0.3 is 9.47 Å². The molecule has 3 aromatic rings. The van der Waals surface area contributed by atoms with E-state index in [1.807, 2.05) is 30.3 Å². The SMILES string of the molecule is O=C(COc1ccccc1F)Oc1ccc2ccccc2c1Br. The van der Waals surface area contributed by atoms with Gasteiger partial charge in [-0.2, -0.15) is 0 Å². The van der Waals surface area contributed by atoms with Crippen LogP contribution < -0.4 is 9.47 Å². The summed E-state index contributed by atoms with van der Waals surface area (Å²) >= 11 is 3.44. The van der Waals surface area contributed by atoms with Crippen LogP contribution in [-0.2, 0) is 4.79 Å². The average molecular weight is 375 g/mol. The number of rotatable bonds is 4. The molecule has 3 aromatic carbocycles. The maximum atomic E-state index is 13.4. The van der Waals surface area contributed by atoms with E-state index >= 15 is 0 Å². The third-order valence-corrected chi connectivity index (χ3v) is 4.05. The van der Waals surface area contributed by atoms with Gasteiger partial charge in [0.15, 0.2) is 18.2 Å². The Balaban J connectivity index is 1.71.